The number of hydrogen-bond donors (Lipinski definition) is 2. The van der Waals surface area contributed by atoms with E-state index in [0.29, 0.717) is 0 Å². The van der Waals surface area contributed by atoms with Crippen LogP contribution < -0.4 is 5.32 Å². The smallest absolute Gasteiger partial charge is 0.0558 e. The van der Waals surface area contributed by atoms with Crippen LogP contribution >= 0.6 is 0 Å². The first-order valence-corrected chi connectivity index (χ1v) is 6.98. The third-order valence-electron chi connectivity index (χ3n) is 3.69. The van der Waals surface area contributed by atoms with E-state index in [2.05, 4.69) is 29.1 Å². The molecule has 1 rings (SSSR count). The van der Waals surface area contributed by atoms with E-state index in [1.165, 1.54) is 32.5 Å². The molecule has 0 bridgehead atoms. The molecule has 0 unspecified atom stereocenters. The van der Waals surface area contributed by atoms with Crippen molar-refractivity contribution in [1.29, 1.82) is 0 Å². The highest BCUT2D eigenvalue weighted by atomic mass is 16.3. The number of likely N-dealkylation sites (N-methyl/N-ethyl adjacent to an activating group) is 2. The first kappa shape index (κ1) is 14.9. The molecule has 0 aromatic rings. The number of piperidine rings is 1. The van der Waals surface area contributed by atoms with Crippen LogP contribution in [0.15, 0.2) is 0 Å². The Kier molecular flexibility index (Phi) is 7.77. The highest BCUT2D eigenvalue weighted by molar-refractivity contribution is 4.71. The van der Waals surface area contributed by atoms with Crippen LogP contribution in [0.5, 0.6) is 0 Å². The third-order valence-corrected chi connectivity index (χ3v) is 3.69. The van der Waals surface area contributed by atoms with Crippen molar-refractivity contribution in [3.8, 4) is 0 Å². The van der Waals surface area contributed by atoms with Gasteiger partial charge in [0.2, 0.25) is 0 Å². The van der Waals surface area contributed by atoms with Crippen molar-refractivity contribution in [3.05, 3.63) is 0 Å². The minimum atomic E-state index is 0.270. The standard InChI is InChI=1S/C13H29N3O/c1-3-16(10-11-17)9-8-15(2)12-13-4-6-14-7-5-13/h13-14,17H,3-12H2,1-2H3. The Labute approximate surface area is 106 Å². The molecule has 0 radical (unpaired) electrons. The lowest BCUT2D eigenvalue weighted by atomic mass is 9.98. The topological polar surface area (TPSA) is 38.7 Å². The van der Waals surface area contributed by atoms with Gasteiger partial charge in [0.05, 0.1) is 6.61 Å². The average Bonchev–Trinajstić information content (AvgIpc) is 2.35. The van der Waals surface area contributed by atoms with Crippen LogP contribution in [0.4, 0.5) is 0 Å². The number of aliphatic hydroxyl groups is 1. The molecular weight excluding hydrogens is 214 g/mol. The van der Waals surface area contributed by atoms with Gasteiger partial charge in [0.25, 0.3) is 0 Å². The summed E-state index contributed by atoms with van der Waals surface area (Å²) in [7, 11) is 2.22. The number of nitrogens with one attached hydrogen (secondary N) is 1. The fourth-order valence-corrected chi connectivity index (χ4v) is 2.48. The number of aliphatic hydroxyl groups excluding tert-OH is 1. The number of nitrogens with zero attached hydrogens (tertiary/aromatic N) is 2. The lowest BCUT2D eigenvalue weighted by molar-refractivity contribution is 0.171. The fourth-order valence-electron chi connectivity index (χ4n) is 2.48. The lowest BCUT2D eigenvalue weighted by Gasteiger charge is -2.29. The maximum Gasteiger partial charge on any atom is 0.0558 e. The summed E-state index contributed by atoms with van der Waals surface area (Å²) in [5, 5.41) is 12.3. The molecule has 0 aromatic carbocycles. The van der Waals surface area contributed by atoms with Gasteiger partial charge in [-0.3, -0.25) is 0 Å². The Balaban J connectivity index is 2.12. The predicted molar refractivity (Wildman–Crippen MR) is 72.3 cm³/mol. The van der Waals surface area contributed by atoms with Crippen molar-refractivity contribution in [3.63, 3.8) is 0 Å². The third kappa shape index (κ3) is 6.36. The molecule has 0 aromatic heterocycles. The summed E-state index contributed by atoms with van der Waals surface area (Å²) in [5.74, 6) is 0.870. The molecule has 0 aliphatic carbocycles. The molecule has 4 nitrogen and oxygen atoms in total. The molecule has 1 aliphatic rings. The minimum absolute atomic E-state index is 0.270. The van der Waals surface area contributed by atoms with Crippen LogP contribution in [0.1, 0.15) is 19.8 Å². The summed E-state index contributed by atoms with van der Waals surface area (Å²) in [6, 6.07) is 0. The van der Waals surface area contributed by atoms with E-state index < -0.39 is 0 Å². The van der Waals surface area contributed by atoms with Crippen LogP contribution in [0.3, 0.4) is 0 Å². The molecule has 0 amide bonds. The van der Waals surface area contributed by atoms with Gasteiger partial charge >= 0.3 is 0 Å². The van der Waals surface area contributed by atoms with Crippen molar-refractivity contribution in [2.45, 2.75) is 19.8 Å². The van der Waals surface area contributed by atoms with Gasteiger partial charge in [-0.05, 0) is 45.4 Å². The van der Waals surface area contributed by atoms with E-state index in [0.717, 1.165) is 32.1 Å². The second-order valence-corrected chi connectivity index (χ2v) is 5.11. The van der Waals surface area contributed by atoms with Gasteiger partial charge in [0.1, 0.15) is 0 Å². The normalized spacial score (nSPS) is 18.2. The molecular formula is C13H29N3O. The molecule has 1 heterocycles. The summed E-state index contributed by atoms with van der Waals surface area (Å²) in [6.45, 7) is 10.0. The first-order chi connectivity index (χ1) is 8.26. The number of rotatable bonds is 8. The Morgan fingerprint density at radius 3 is 2.47 bits per heavy atom. The molecule has 2 N–H and O–H groups in total. The van der Waals surface area contributed by atoms with Gasteiger partial charge in [-0.1, -0.05) is 6.92 Å². The molecule has 1 fully saturated rings. The molecule has 17 heavy (non-hydrogen) atoms. The Bertz CT molecular complexity index is 184. The van der Waals surface area contributed by atoms with Gasteiger partial charge in [0.15, 0.2) is 0 Å². The maximum atomic E-state index is 8.93. The lowest BCUT2D eigenvalue weighted by Crippen LogP contribution is -2.39. The van der Waals surface area contributed by atoms with E-state index in [-0.39, 0.29) is 6.61 Å². The van der Waals surface area contributed by atoms with E-state index >= 15 is 0 Å². The summed E-state index contributed by atoms with van der Waals surface area (Å²) in [5.41, 5.74) is 0. The van der Waals surface area contributed by atoms with Crippen molar-refractivity contribution in [1.82, 2.24) is 15.1 Å². The van der Waals surface area contributed by atoms with E-state index in [1.54, 1.807) is 0 Å². The molecule has 0 atom stereocenters. The Morgan fingerprint density at radius 2 is 1.88 bits per heavy atom. The van der Waals surface area contributed by atoms with Gasteiger partial charge < -0.3 is 20.2 Å². The second-order valence-electron chi connectivity index (χ2n) is 5.11. The second kappa shape index (κ2) is 8.86. The summed E-state index contributed by atoms with van der Waals surface area (Å²) >= 11 is 0. The highest BCUT2D eigenvalue weighted by Crippen LogP contribution is 2.12. The number of hydrogen-bond acceptors (Lipinski definition) is 4. The Morgan fingerprint density at radius 1 is 1.18 bits per heavy atom. The average molecular weight is 243 g/mol. The van der Waals surface area contributed by atoms with Crippen LogP contribution in [0, 0.1) is 5.92 Å². The largest absolute Gasteiger partial charge is 0.395 e. The van der Waals surface area contributed by atoms with Gasteiger partial charge in [-0.25, -0.2) is 0 Å². The zero-order valence-electron chi connectivity index (χ0n) is 11.5. The molecule has 0 spiro atoms. The van der Waals surface area contributed by atoms with Gasteiger partial charge in [-0.2, -0.15) is 0 Å². The summed E-state index contributed by atoms with van der Waals surface area (Å²) in [6.07, 6.45) is 2.64. The van der Waals surface area contributed by atoms with Crippen LogP contribution in [0.25, 0.3) is 0 Å². The van der Waals surface area contributed by atoms with Crippen molar-refractivity contribution in [2.24, 2.45) is 5.92 Å². The van der Waals surface area contributed by atoms with Crippen molar-refractivity contribution < 1.29 is 5.11 Å². The van der Waals surface area contributed by atoms with Gasteiger partial charge in [0, 0.05) is 26.2 Å². The summed E-state index contributed by atoms with van der Waals surface area (Å²) in [4.78, 5) is 4.74. The zero-order chi connectivity index (χ0) is 12.5. The van der Waals surface area contributed by atoms with Gasteiger partial charge in [-0.15, -0.1) is 0 Å². The fraction of sp³-hybridized carbons (Fsp3) is 1.00. The molecule has 1 aliphatic heterocycles. The summed E-state index contributed by atoms with van der Waals surface area (Å²) < 4.78 is 0. The minimum Gasteiger partial charge on any atom is -0.395 e. The van der Waals surface area contributed by atoms with Crippen molar-refractivity contribution in [2.75, 3.05) is 59.5 Å². The van der Waals surface area contributed by atoms with Crippen LogP contribution in [0.2, 0.25) is 0 Å². The zero-order valence-corrected chi connectivity index (χ0v) is 11.5. The molecule has 4 heteroatoms. The molecule has 1 saturated heterocycles. The van der Waals surface area contributed by atoms with Crippen molar-refractivity contribution >= 4 is 0 Å². The predicted octanol–water partition coefficient (Wildman–Crippen LogP) is 0.232. The maximum absolute atomic E-state index is 8.93. The quantitative estimate of drug-likeness (QED) is 0.640. The Hall–Kier alpha value is -0.160. The molecule has 102 valence electrons. The molecule has 0 saturated carbocycles. The first-order valence-electron chi connectivity index (χ1n) is 6.98. The monoisotopic (exact) mass is 243 g/mol. The van der Waals surface area contributed by atoms with Crippen LogP contribution in [-0.4, -0.2) is 74.4 Å². The SMILES string of the molecule is CCN(CCO)CCN(C)CC1CCNCC1. The van der Waals surface area contributed by atoms with E-state index in [1.807, 2.05) is 0 Å². The van der Waals surface area contributed by atoms with E-state index in [4.69, 9.17) is 5.11 Å². The highest BCUT2D eigenvalue weighted by Gasteiger charge is 2.15. The van der Waals surface area contributed by atoms with E-state index in [9.17, 15) is 0 Å². The van der Waals surface area contributed by atoms with Crippen LogP contribution in [-0.2, 0) is 0 Å².